The average Bonchev–Trinajstić information content (AvgIpc) is 2.93. The van der Waals surface area contributed by atoms with Crippen molar-refractivity contribution in [3.8, 4) is 0 Å². The molecule has 0 bridgehead atoms. The molecule has 0 saturated heterocycles. The molecule has 3 heteroatoms. The van der Waals surface area contributed by atoms with E-state index in [9.17, 15) is 5.11 Å². The van der Waals surface area contributed by atoms with Crippen molar-refractivity contribution in [2.45, 2.75) is 50.8 Å². The summed E-state index contributed by atoms with van der Waals surface area (Å²) >= 11 is 0. The molecule has 0 aliphatic carbocycles. The molecule has 3 nitrogen and oxygen atoms in total. The molecule has 3 heterocycles. The summed E-state index contributed by atoms with van der Waals surface area (Å²) in [5.41, 5.74) is 6.20. The second kappa shape index (κ2) is 5.95. The van der Waals surface area contributed by atoms with E-state index in [0.717, 1.165) is 25.9 Å². The molecule has 140 valence electrons. The van der Waals surface area contributed by atoms with Gasteiger partial charge >= 0.3 is 0 Å². The largest absolute Gasteiger partial charge is 0.372 e. The first-order valence-electron chi connectivity index (χ1n) is 10.0. The van der Waals surface area contributed by atoms with Crippen molar-refractivity contribution in [3.05, 3.63) is 70.9 Å². The standard InChI is InChI=1S/C24H28N2O/c1-16-9-10-21-19(13-16)20-15-25(3)14-17-11-12-24(2,18-7-5-4-6-8-18)23(27)26(21)22(17)20/h4-10,13,17,23,27H,11-12,14-15H2,1-3H3. The van der Waals surface area contributed by atoms with E-state index >= 15 is 0 Å². The maximum Gasteiger partial charge on any atom is 0.140 e. The Morgan fingerprint density at radius 3 is 2.67 bits per heavy atom. The van der Waals surface area contributed by atoms with Gasteiger partial charge in [-0.1, -0.05) is 48.9 Å². The number of fused-ring (bicyclic) bond motifs is 3. The minimum absolute atomic E-state index is 0.290. The minimum atomic E-state index is -0.553. The second-order valence-corrected chi connectivity index (χ2v) is 8.84. The lowest BCUT2D eigenvalue weighted by molar-refractivity contribution is 0.0271. The molecule has 27 heavy (non-hydrogen) atoms. The van der Waals surface area contributed by atoms with Gasteiger partial charge in [0, 0.05) is 35.5 Å². The van der Waals surface area contributed by atoms with Gasteiger partial charge in [0.25, 0.3) is 0 Å². The summed E-state index contributed by atoms with van der Waals surface area (Å²) in [7, 11) is 2.22. The Kier molecular flexibility index (Phi) is 3.75. The van der Waals surface area contributed by atoms with Crippen LogP contribution >= 0.6 is 0 Å². The number of aryl methyl sites for hydroxylation is 1. The number of aliphatic hydroxyl groups excluding tert-OH is 1. The zero-order chi connectivity index (χ0) is 18.8. The lowest BCUT2D eigenvalue weighted by Gasteiger charge is -2.35. The smallest absolute Gasteiger partial charge is 0.140 e. The van der Waals surface area contributed by atoms with Gasteiger partial charge in [-0.3, -0.25) is 0 Å². The highest BCUT2D eigenvalue weighted by Gasteiger charge is 2.44. The van der Waals surface area contributed by atoms with E-state index in [1.165, 1.54) is 33.3 Å². The first kappa shape index (κ1) is 17.0. The fourth-order valence-corrected chi connectivity index (χ4v) is 5.41. The molecule has 2 aliphatic heterocycles. The van der Waals surface area contributed by atoms with Crippen molar-refractivity contribution >= 4 is 10.9 Å². The van der Waals surface area contributed by atoms with Crippen LogP contribution < -0.4 is 0 Å². The number of aliphatic hydroxyl groups is 1. The Morgan fingerprint density at radius 2 is 1.89 bits per heavy atom. The Hall–Kier alpha value is -2.10. The highest BCUT2D eigenvalue weighted by Crippen LogP contribution is 2.49. The van der Waals surface area contributed by atoms with Crippen molar-refractivity contribution in [2.24, 2.45) is 0 Å². The second-order valence-electron chi connectivity index (χ2n) is 8.84. The van der Waals surface area contributed by atoms with Crippen molar-refractivity contribution in [1.82, 2.24) is 9.47 Å². The zero-order valence-corrected chi connectivity index (χ0v) is 16.4. The minimum Gasteiger partial charge on any atom is -0.372 e. The molecule has 1 N–H and O–H groups in total. The maximum absolute atomic E-state index is 11.7. The van der Waals surface area contributed by atoms with E-state index in [1.807, 2.05) is 0 Å². The van der Waals surface area contributed by atoms with Crippen LogP contribution in [0, 0.1) is 6.92 Å². The van der Waals surface area contributed by atoms with Gasteiger partial charge in [-0.15, -0.1) is 0 Å². The van der Waals surface area contributed by atoms with Crippen LogP contribution in [-0.4, -0.2) is 28.2 Å². The van der Waals surface area contributed by atoms with E-state index in [2.05, 4.69) is 78.9 Å². The van der Waals surface area contributed by atoms with Gasteiger partial charge in [-0.2, -0.15) is 0 Å². The van der Waals surface area contributed by atoms with Gasteiger partial charge in [0.15, 0.2) is 0 Å². The number of likely N-dealkylation sites (N-methyl/N-ethyl adjacent to an activating group) is 1. The summed E-state index contributed by atoms with van der Waals surface area (Å²) in [6.45, 7) is 6.43. The van der Waals surface area contributed by atoms with Gasteiger partial charge in [0.2, 0.25) is 0 Å². The monoisotopic (exact) mass is 360 g/mol. The molecule has 0 fully saturated rings. The van der Waals surface area contributed by atoms with E-state index in [4.69, 9.17) is 0 Å². The first-order chi connectivity index (χ1) is 13.0. The molecule has 5 rings (SSSR count). The van der Waals surface area contributed by atoms with Crippen molar-refractivity contribution in [2.75, 3.05) is 13.6 Å². The molecule has 0 spiro atoms. The summed E-state index contributed by atoms with van der Waals surface area (Å²) in [5, 5.41) is 13.1. The predicted molar refractivity (Wildman–Crippen MR) is 110 cm³/mol. The van der Waals surface area contributed by atoms with Crippen LogP contribution in [-0.2, 0) is 12.0 Å². The third-order valence-corrected chi connectivity index (χ3v) is 6.91. The summed E-state index contributed by atoms with van der Waals surface area (Å²) in [4.78, 5) is 2.44. The van der Waals surface area contributed by atoms with Gasteiger partial charge in [0.1, 0.15) is 6.23 Å². The fourth-order valence-electron chi connectivity index (χ4n) is 5.41. The number of hydrogen-bond acceptors (Lipinski definition) is 2. The van der Waals surface area contributed by atoms with Crippen molar-refractivity contribution in [1.29, 1.82) is 0 Å². The van der Waals surface area contributed by atoms with Crippen LogP contribution in [0.2, 0.25) is 0 Å². The third-order valence-electron chi connectivity index (χ3n) is 6.91. The molecular formula is C24H28N2O. The number of benzene rings is 2. The zero-order valence-electron chi connectivity index (χ0n) is 16.4. The third kappa shape index (κ3) is 2.41. The molecule has 3 aromatic rings. The highest BCUT2D eigenvalue weighted by molar-refractivity contribution is 5.87. The number of rotatable bonds is 1. The molecule has 3 unspecified atom stereocenters. The molecule has 2 aliphatic rings. The topological polar surface area (TPSA) is 28.4 Å². The molecule has 0 radical (unpaired) electrons. The van der Waals surface area contributed by atoms with Gasteiger partial charge in [-0.05, 0) is 50.1 Å². The van der Waals surface area contributed by atoms with Crippen LogP contribution in [0.15, 0.2) is 48.5 Å². The van der Waals surface area contributed by atoms with Gasteiger partial charge < -0.3 is 14.6 Å². The van der Waals surface area contributed by atoms with Crippen LogP contribution in [0.25, 0.3) is 10.9 Å². The van der Waals surface area contributed by atoms with Crippen LogP contribution in [0.1, 0.15) is 54.3 Å². The van der Waals surface area contributed by atoms with Crippen LogP contribution in [0.3, 0.4) is 0 Å². The van der Waals surface area contributed by atoms with Crippen LogP contribution in [0.4, 0.5) is 0 Å². The molecule has 3 atom stereocenters. The summed E-state index contributed by atoms with van der Waals surface area (Å²) < 4.78 is 2.28. The predicted octanol–water partition coefficient (Wildman–Crippen LogP) is 4.72. The lowest BCUT2D eigenvalue weighted by Crippen LogP contribution is -2.33. The Labute approximate surface area is 161 Å². The molecule has 1 aromatic heterocycles. The summed E-state index contributed by atoms with van der Waals surface area (Å²) in [6.07, 6.45) is 1.54. The van der Waals surface area contributed by atoms with E-state index in [-0.39, 0.29) is 5.41 Å². The summed E-state index contributed by atoms with van der Waals surface area (Å²) in [6, 6.07) is 17.3. The molecular weight excluding hydrogens is 332 g/mol. The normalized spacial score (nSPS) is 28.1. The number of nitrogens with zero attached hydrogens (tertiary/aromatic N) is 2. The quantitative estimate of drug-likeness (QED) is 0.680. The van der Waals surface area contributed by atoms with Crippen molar-refractivity contribution < 1.29 is 5.11 Å². The maximum atomic E-state index is 11.7. The Bertz CT molecular complexity index is 1010. The summed E-state index contributed by atoms with van der Waals surface area (Å²) in [5.74, 6) is 0.478. The first-order valence-corrected chi connectivity index (χ1v) is 10.0. The average molecular weight is 361 g/mol. The number of hydrogen-bond donors (Lipinski definition) is 1. The van der Waals surface area contributed by atoms with E-state index in [0.29, 0.717) is 5.92 Å². The lowest BCUT2D eigenvalue weighted by atomic mass is 9.75. The Morgan fingerprint density at radius 1 is 1.11 bits per heavy atom. The van der Waals surface area contributed by atoms with E-state index in [1.54, 1.807) is 0 Å². The molecule has 0 saturated carbocycles. The number of aromatic nitrogens is 1. The van der Waals surface area contributed by atoms with Gasteiger partial charge in [-0.25, -0.2) is 0 Å². The highest BCUT2D eigenvalue weighted by atomic mass is 16.3. The molecule has 0 amide bonds. The Balaban J connectivity index is 1.79. The van der Waals surface area contributed by atoms with E-state index < -0.39 is 6.23 Å². The fraction of sp³-hybridized carbons (Fsp3) is 0.417. The van der Waals surface area contributed by atoms with Crippen molar-refractivity contribution in [3.63, 3.8) is 0 Å². The van der Waals surface area contributed by atoms with Crippen LogP contribution in [0.5, 0.6) is 0 Å². The SMILES string of the molecule is Cc1ccc2c(c1)c1c3n2C(O)C(C)(c2ccccc2)CCC3CN(C)C1. The van der Waals surface area contributed by atoms with Gasteiger partial charge in [0.05, 0.1) is 5.52 Å². The molecule has 2 aromatic carbocycles.